The smallest absolute Gasteiger partial charge is 0.239 e. The van der Waals surface area contributed by atoms with Crippen molar-refractivity contribution in [2.24, 2.45) is 11.8 Å². The highest BCUT2D eigenvalue weighted by atomic mass is 16.5. The molecule has 0 spiro atoms. The summed E-state index contributed by atoms with van der Waals surface area (Å²) in [5.41, 5.74) is 1.18. The van der Waals surface area contributed by atoms with Crippen molar-refractivity contribution in [1.29, 1.82) is 0 Å². The maximum atomic E-state index is 5.60. The van der Waals surface area contributed by atoms with Crippen molar-refractivity contribution in [3.8, 4) is 0 Å². The quantitative estimate of drug-likeness (QED) is 0.616. The Morgan fingerprint density at radius 2 is 1.35 bits per heavy atom. The van der Waals surface area contributed by atoms with Crippen LogP contribution < -0.4 is 0 Å². The fourth-order valence-electron chi connectivity index (χ4n) is 3.27. The van der Waals surface area contributed by atoms with E-state index in [0.717, 1.165) is 36.3 Å². The number of aromatic nitrogens is 4. The first-order chi connectivity index (χ1) is 12.8. The molecule has 0 amide bonds. The average molecular weight is 350 g/mol. The lowest BCUT2D eigenvalue weighted by atomic mass is 9.99. The first kappa shape index (κ1) is 15.7. The summed E-state index contributed by atoms with van der Waals surface area (Å²) in [6, 6.07) is 10.3. The molecule has 1 aromatic carbocycles. The second kappa shape index (κ2) is 6.67. The molecule has 0 unspecified atom stereocenters. The maximum Gasteiger partial charge on any atom is 0.239 e. The summed E-state index contributed by atoms with van der Waals surface area (Å²) in [7, 11) is 0. The van der Waals surface area contributed by atoms with Crippen LogP contribution in [-0.2, 0) is 19.3 Å². The van der Waals surface area contributed by atoms with Crippen LogP contribution in [0.2, 0.25) is 0 Å². The Labute approximate surface area is 152 Å². The highest BCUT2D eigenvalue weighted by molar-refractivity contribution is 5.20. The van der Waals surface area contributed by atoms with Gasteiger partial charge in [0.15, 0.2) is 11.6 Å². The van der Waals surface area contributed by atoms with E-state index in [1.807, 2.05) is 18.2 Å². The Bertz CT molecular complexity index is 813. The number of hydrogen-bond donors (Lipinski definition) is 0. The van der Waals surface area contributed by atoms with E-state index < -0.39 is 0 Å². The fraction of sp³-hybridized carbons (Fsp3) is 0.500. The van der Waals surface area contributed by atoms with Gasteiger partial charge in [0.25, 0.3) is 0 Å². The number of rotatable bonds is 8. The second-order valence-electron chi connectivity index (χ2n) is 7.63. The molecule has 2 heterocycles. The monoisotopic (exact) mass is 350 g/mol. The minimum Gasteiger partial charge on any atom is -0.338 e. The molecule has 0 atom stereocenters. The Balaban J connectivity index is 1.41. The van der Waals surface area contributed by atoms with Gasteiger partial charge in [-0.1, -0.05) is 40.6 Å². The molecule has 2 aromatic heterocycles. The van der Waals surface area contributed by atoms with Gasteiger partial charge in [-0.15, -0.1) is 0 Å². The van der Waals surface area contributed by atoms with Crippen LogP contribution >= 0.6 is 0 Å². The Kier molecular flexibility index (Phi) is 4.03. The van der Waals surface area contributed by atoms with Gasteiger partial charge in [-0.3, -0.25) is 0 Å². The SMILES string of the molecule is c1ccc(CC(c2nc(CC3CC3)no2)c2nc(CC3CC3)no2)cc1. The Morgan fingerprint density at radius 3 is 1.85 bits per heavy atom. The van der Waals surface area contributed by atoms with Crippen molar-refractivity contribution >= 4 is 0 Å². The summed E-state index contributed by atoms with van der Waals surface area (Å²) >= 11 is 0. The highest BCUT2D eigenvalue weighted by Crippen LogP contribution is 2.34. The molecule has 2 fully saturated rings. The molecule has 26 heavy (non-hydrogen) atoms. The topological polar surface area (TPSA) is 77.8 Å². The van der Waals surface area contributed by atoms with Crippen molar-refractivity contribution in [2.75, 3.05) is 0 Å². The Morgan fingerprint density at radius 1 is 0.808 bits per heavy atom. The normalized spacial score (nSPS) is 17.1. The van der Waals surface area contributed by atoms with E-state index in [0.29, 0.717) is 18.2 Å². The molecule has 6 heteroatoms. The van der Waals surface area contributed by atoms with E-state index in [1.54, 1.807) is 0 Å². The minimum absolute atomic E-state index is 0.196. The molecule has 5 rings (SSSR count). The number of nitrogens with zero attached hydrogens (tertiary/aromatic N) is 4. The van der Waals surface area contributed by atoms with Crippen LogP contribution in [0.1, 0.15) is 60.6 Å². The van der Waals surface area contributed by atoms with Gasteiger partial charge in [0.1, 0.15) is 5.92 Å². The zero-order valence-electron chi connectivity index (χ0n) is 14.7. The van der Waals surface area contributed by atoms with Gasteiger partial charge >= 0.3 is 0 Å². The van der Waals surface area contributed by atoms with Crippen LogP contribution in [0.25, 0.3) is 0 Å². The largest absolute Gasteiger partial charge is 0.338 e. The molecule has 0 aliphatic heterocycles. The van der Waals surface area contributed by atoms with E-state index >= 15 is 0 Å². The molecule has 2 aliphatic carbocycles. The van der Waals surface area contributed by atoms with E-state index in [-0.39, 0.29) is 5.92 Å². The van der Waals surface area contributed by atoms with E-state index in [9.17, 15) is 0 Å². The van der Waals surface area contributed by atoms with Crippen LogP contribution in [0.4, 0.5) is 0 Å². The zero-order valence-corrected chi connectivity index (χ0v) is 14.7. The van der Waals surface area contributed by atoms with Crippen LogP contribution in [0.3, 0.4) is 0 Å². The molecular weight excluding hydrogens is 328 g/mol. The molecule has 0 radical (unpaired) electrons. The predicted molar refractivity (Wildman–Crippen MR) is 93.4 cm³/mol. The molecule has 0 bridgehead atoms. The molecule has 3 aromatic rings. The standard InChI is InChI=1S/C20H22N4O2/c1-2-4-13(5-3-1)10-16(19-21-17(23-25-19)11-14-6-7-14)20-22-18(24-26-20)12-15-8-9-15/h1-5,14-16H,6-12H2. The van der Waals surface area contributed by atoms with Crippen molar-refractivity contribution in [2.45, 2.75) is 50.9 Å². The van der Waals surface area contributed by atoms with Crippen molar-refractivity contribution in [3.63, 3.8) is 0 Å². The van der Waals surface area contributed by atoms with Crippen LogP contribution in [0.15, 0.2) is 39.4 Å². The lowest BCUT2D eigenvalue weighted by Crippen LogP contribution is -2.07. The lowest BCUT2D eigenvalue weighted by Gasteiger charge is -2.08. The second-order valence-corrected chi connectivity index (χ2v) is 7.63. The summed E-state index contributed by atoms with van der Waals surface area (Å²) < 4.78 is 11.2. The first-order valence-electron chi connectivity index (χ1n) is 9.52. The van der Waals surface area contributed by atoms with Gasteiger partial charge in [-0.2, -0.15) is 9.97 Å². The van der Waals surface area contributed by atoms with Crippen molar-refractivity contribution in [1.82, 2.24) is 20.3 Å². The van der Waals surface area contributed by atoms with Gasteiger partial charge in [0, 0.05) is 12.8 Å². The highest BCUT2D eigenvalue weighted by Gasteiger charge is 2.31. The maximum absolute atomic E-state index is 5.60. The van der Waals surface area contributed by atoms with Crippen LogP contribution in [0.5, 0.6) is 0 Å². The third-order valence-electron chi connectivity index (χ3n) is 5.18. The fourth-order valence-corrected chi connectivity index (χ4v) is 3.27. The zero-order chi connectivity index (χ0) is 17.3. The molecule has 0 saturated heterocycles. The first-order valence-corrected chi connectivity index (χ1v) is 9.52. The Hall–Kier alpha value is -2.50. The summed E-state index contributed by atoms with van der Waals surface area (Å²) in [4.78, 5) is 9.28. The van der Waals surface area contributed by atoms with Crippen molar-refractivity contribution in [3.05, 3.63) is 59.3 Å². The van der Waals surface area contributed by atoms with Crippen LogP contribution in [-0.4, -0.2) is 20.3 Å². The summed E-state index contributed by atoms with van der Waals surface area (Å²) in [6.45, 7) is 0. The third kappa shape index (κ3) is 3.69. The molecule has 134 valence electrons. The number of hydrogen-bond acceptors (Lipinski definition) is 6. The van der Waals surface area contributed by atoms with E-state index in [1.165, 1.54) is 31.2 Å². The summed E-state index contributed by atoms with van der Waals surface area (Å²) in [5, 5.41) is 8.35. The van der Waals surface area contributed by atoms with E-state index in [2.05, 4.69) is 32.4 Å². The molecule has 2 saturated carbocycles. The van der Waals surface area contributed by atoms with Gasteiger partial charge in [-0.05, 0) is 49.5 Å². The predicted octanol–water partition coefficient (Wildman–Crippen LogP) is 3.73. The van der Waals surface area contributed by atoms with Crippen LogP contribution in [0, 0.1) is 11.8 Å². The van der Waals surface area contributed by atoms with Gasteiger partial charge in [-0.25, -0.2) is 0 Å². The molecular formula is C20H22N4O2. The molecule has 6 nitrogen and oxygen atoms in total. The molecule has 0 N–H and O–H groups in total. The van der Waals surface area contributed by atoms with E-state index in [4.69, 9.17) is 9.05 Å². The molecule has 2 aliphatic rings. The minimum atomic E-state index is -0.196. The summed E-state index contributed by atoms with van der Waals surface area (Å²) in [5.74, 6) is 3.98. The average Bonchev–Trinajstić information content (AvgIpc) is 3.55. The van der Waals surface area contributed by atoms with Gasteiger partial charge < -0.3 is 9.05 Å². The van der Waals surface area contributed by atoms with Gasteiger partial charge in [0.2, 0.25) is 11.8 Å². The summed E-state index contributed by atoms with van der Waals surface area (Å²) in [6.07, 6.45) is 7.58. The van der Waals surface area contributed by atoms with Gasteiger partial charge in [0.05, 0.1) is 0 Å². The number of benzene rings is 1. The van der Waals surface area contributed by atoms with Crippen molar-refractivity contribution < 1.29 is 9.05 Å². The third-order valence-corrected chi connectivity index (χ3v) is 5.18. The lowest BCUT2D eigenvalue weighted by molar-refractivity contribution is 0.313.